The number of benzene rings is 2. The maximum Gasteiger partial charge on any atom is 0.417 e. The van der Waals surface area contributed by atoms with Gasteiger partial charge in [0.2, 0.25) is 0 Å². The largest absolute Gasteiger partial charge is 0.545 e. The number of carbonyl (C=O) groups is 1. The van der Waals surface area contributed by atoms with Crippen LogP contribution in [-0.2, 0) is 12.6 Å². The summed E-state index contributed by atoms with van der Waals surface area (Å²) in [5, 5.41) is 11.7. The average molecular weight is 445 g/mol. The molecule has 2 heterocycles. The summed E-state index contributed by atoms with van der Waals surface area (Å²) in [4.78, 5) is 16.2. The lowest BCUT2D eigenvalue weighted by molar-refractivity contribution is -0.254. The van der Waals surface area contributed by atoms with Crippen LogP contribution < -0.4 is 5.11 Å². The first-order chi connectivity index (χ1) is 14.7. The van der Waals surface area contributed by atoms with Crippen molar-refractivity contribution in [2.75, 3.05) is 0 Å². The number of aromatic carboxylic acids is 1. The Morgan fingerprint density at radius 1 is 1.06 bits per heavy atom. The molecular formula is C23H14ClF3NO3-. The number of alkyl halides is 3. The molecule has 0 aliphatic rings. The highest BCUT2D eigenvalue weighted by molar-refractivity contribution is 6.31. The fraction of sp³-hybridized carbons (Fsp3) is 0.130. The molecule has 0 N–H and O–H groups in total. The number of pyridine rings is 1. The number of hydrogen-bond donors (Lipinski definition) is 0. The van der Waals surface area contributed by atoms with Gasteiger partial charge in [-0.15, -0.1) is 0 Å². The number of halogens is 4. The smallest absolute Gasteiger partial charge is 0.417 e. The Hall–Kier alpha value is -3.32. The van der Waals surface area contributed by atoms with Crippen molar-refractivity contribution in [1.29, 1.82) is 0 Å². The van der Waals surface area contributed by atoms with E-state index in [2.05, 4.69) is 4.98 Å². The molecule has 0 saturated heterocycles. The van der Waals surface area contributed by atoms with Gasteiger partial charge in [-0.1, -0.05) is 24.6 Å². The fourth-order valence-corrected chi connectivity index (χ4v) is 3.54. The van der Waals surface area contributed by atoms with Crippen LogP contribution >= 0.6 is 11.6 Å². The average Bonchev–Trinajstić information content (AvgIpc) is 3.22. The molecule has 0 amide bonds. The number of aromatic nitrogens is 1. The molecule has 0 fully saturated rings. The molecule has 0 aliphatic heterocycles. The van der Waals surface area contributed by atoms with Gasteiger partial charge in [0.25, 0.3) is 0 Å². The van der Waals surface area contributed by atoms with Gasteiger partial charge in [-0.25, -0.2) is 4.98 Å². The van der Waals surface area contributed by atoms with Gasteiger partial charge in [0.15, 0.2) is 5.76 Å². The van der Waals surface area contributed by atoms with E-state index in [1.807, 2.05) is 13.0 Å². The molecule has 0 unspecified atom stereocenters. The number of furan rings is 1. The fourth-order valence-electron chi connectivity index (χ4n) is 3.31. The number of rotatable bonds is 4. The summed E-state index contributed by atoms with van der Waals surface area (Å²) in [6.07, 6.45) is -3.88. The van der Waals surface area contributed by atoms with E-state index < -0.39 is 22.7 Å². The van der Waals surface area contributed by atoms with Gasteiger partial charge in [0, 0.05) is 16.5 Å². The van der Waals surface area contributed by atoms with Gasteiger partial charge in [-0.2, -0.15) is 13.2 Å². The number of carbonyl (C=O) groups excluding carboxylic acids is 1. The number of nitrogens with zero attached hydrogens (tertiary/aromatic N) is 1. The van der Waals surface area contributed by atoms with Gasteiger partial charge in [0.05, 0.1) is 22.1 Å². The van der Waals surface area contributed by atoms with Crippen LogP contribution in [0.5, 0.6) is 0 Å². The Balaban J connectivity index is 1.80. The van der Waals surface area contributed by atoms with Gasteiger partial charge in [-0.3, -0.25) is 0 Å². The predicted molar refractivity (Wildman–Crippen MR) is 109 cm³/mol. The molecule has 0 atom stereocenters. The maximum atomic E-state index is 13.2. The lowest BCUT2D eigenvalue weighted by Gasteiger charge is -2.11. The van der Waals surface area contributed by atoms with E-state index in [4.69, 9.17) is 16.0 Å². The van der Waals surface area contributed by atoms with Gasteiger partial charge in [-0.05, 0) is 60.5 Å². The second-order valence-corrected chi connectivity index (χ2v) is 7.31. The van der Waals surface area contributed by atoms with Crippen molar-refractivity contribution in [1.82, 2.24) is 4.98 Å². The molecule has 4 rings (SSSR count). The zero-order valence-corrected chi connectivity index (χ0v) is 16.8. The molecular weight excluding hydrogens is 431 g/mol. The Morgan fingerprint density at radius 3 is 2.48 bits per heavy atom. The minimum atomic E-state index is -4.61. The van der Waals surface area contributed by atoms with Gasteiger partial charge >= 0.3 is 6.18 Å². The van der Waals surface area contributed by atoms with E-state index in [9.17, 15) is 23.1 Å². The lowest BCUT2D eigenvalue weighted by Crippen LogP contribution is -2.22. The highest BCUT2D eigenvalue weighted by Crippen LogP contribution is 2.38. The third-order valence-electron chi connectivity index (χ3n) is 4.92. The molecule has 158 valence electrons. The van der Waals surface area contributed by atoms with Crippen LogP contribution in [0.1, 0.15) is 28.4 Å². The van der Waals surface area contributed by atoms with Crippen LogP contribution in [0.4, 0.5) is 13.2 Å². The van der Waals surface area contributed by atoms with Crippen molar-refractivity contribution in [3.63, 3.8) is 0 Å². The van der Waals surface area contributed by atoms with Crippen molar-refractivity contribution < 1.29 is 27.5 Å². The summed E-state index contributed by atoms with van der Waals surface area (Å²) in [5.41, 5.74) is 0.785. The number of hydrogen-bond acceptors (Lipinski definition) is 4. The van der Waals surface area contributed by atoms with E-state index in [1.54, 1.807) is 12.1 Å². The van der Waals surface area contributed by atoms with E-state index in [-0.39, 0.29) is 28.3 Å². The summed E-state index contributed by atoms with van der Waals surface area (Å²) >= 11 is 5.67. The molecule has 2 aromatic carbocycles. The molecule has 8 heteroatoms. The topological polar surface area (TPSA) is 66.2 Å². The first-order valence-electron chi connectivity index (χ1n) is 9.29. The molecule has 0 radical (unpaired) electrons. The molecule has 4 aromatic rings. The lowest BCUT2D eigenvalue weighted by atomic mass is 10.0. The van der Waals surface area contributed by atoms with Crippen LogP contribution in [-0.4, -0.2) is 11.0 Å². The second kappa shape index (κ2) is 7.74. The first kappa shape index (κ1) is 20.9. The predicted octanol–water partition coefficient (Wildman–Crippen LogP) is 5.76. The highest BCUT2D eigenvalue weighted by Gasteiger charge is 2.33. The number of aryl methyl sites for hydroxylation is 1. The molecule has 2 aromatic heterocycles. The summed E-state index contributed by atoms with van der Waals surface area (Å²) < 4.78 is 45.2. The molecule has 0 spiro atoms. The number of carboxylic acids is 1. The molecule has 0 saturated carbocycles. The third-order valence-corrected chi connectivity index (χ3v) is 5.25. The van der Waals surface area contributed by atoms with Crippen molar-refractivity contribution in [2.45, 2.75) is 19.5 Å². The molecule has 31 heavy (non-hydrogen) atoms. The number of fused-ring (bicyclic) bond motifs is 1. The van der Waals surface area contributed by atoms with E-state index >= 15 is 0 Å². The summed E-state index contributed by atoms with van der Waals surface area (Å²) in [6.45, 7) is 1.95. The van der Waals surface area contributed by atoms with E-state index in [0.717, 1.165) is 24.1 Å². The summed E-state index contributed by atoms with van der Waals surface area (Å²) in [5.74, 6) is -0.987. The Morgan fingerprint density at radius 2 is 1.81 bits per heavy atom. The number of carboxylic acid groups (broad SMARTS) is 1. The Bertz CT molecular complexity index is 1310. The highest BCUT2D eigenvalue weighted by atomic mass is 35.5. The van der Waals surface area contributed by atoms with Crippen molar-refractivity contribution >= 4 is 28.5 Å². The SMILES string of the molecule is CCc1ccc2nc(-c3ccc(-c4ccc(Cl)c(C(F)(F)F)c4)o3)cc(C(=O)[O-])c2c1. The zero-order valence-electron chi connectivity index (χ0n) is 16.1. The molecule has 4 nitrogen and oxygen atoms in total. The van der Waals surface area contributed by atoms with Crippen LogP contribution in [0.25, 0.3) is 33.7 Å². The Labute approximate surface area is 179 Å². The zero-order chi connectivity index (χ0) is 22.3. The van der Waals surface area contributed by atoms with Crippen LogP contribution in [0, 0.1) is 0 Å². The quantitative estimate of drug-likeness (QED) is 0.401. The monoisotopic (exact) mass is 444 g/mol. The maximum absolute atomic E-state index is 13.2. The van der Waals surface area contributed by atoms with E-state index in [0.29, 0.717) is 10.9 Å². The van der Waals surface area contributed by atoms with Crippen LogP contribution in [0.15, 0.2) is 59.0 Å². The minimum absolute atomic E-state index is 0.0425. The second-order valence-electron chi connectivity index (χ2n) is 6.90. The minimum Gasteiger partial charge on any atom is -0.545 e. The Kier molecular flexibility index (Phi) is 5.23. The molecule has 0 aliphatic carbocycles. The van der Waals surface area contributed by atoms with Crippen LogP contribution in [0.3, 0.4) is 0 Å². The van der Waals surface area contributed by atoms with Crippen molar-refractivity contribution in [3.8, 4) is 22.8 Å². The van der Waals surface area contributed by atoms with E-state index in [1.165, 1.54) is 24.3 Å². The van der Waals surface area contributed by atoms with Crippen molar-refractivity contribution in [2.24, 2.45) is 0 Å². The first-order valence-corrected chi connectivity index (χ1v) is 9.67. The summed E-state index contributed by atoms with van der Waals surface area (Å²) in [7, 11) is 0. The standard InChI is InChI=1S/C23H15ClF3NO3/c1-2-12-3-6-18-14(9-12)15(22(29)30)11-19(28-18)21-8-7-20(31-21)13-4-5-17(24)16(10-13)23(25,26)27/h3-11H,2H2,1H3,(H,29,30)/p-1. The van der Waals surface area contributed by atoms with Crippen molar-refractivity contribution in [3.05, 3.63) is 76.3 Å². The van der Waals surface area contributed by atoms with Crippen LogP contribution in [0.2, 0.25) is 5.02 Å². The normalized spacial score (nSPS) is 11.8. The molecule has 0 bridgehead atoms. The van der Waals surface area contributed by atoms with Gasteiger partial charge < -0.3 is 14.3 Å². The van der Waals surface area contributed by atoms with Gasteiger partial charge in [0.1, 0.15) is 11.5 Å². The summed E-state index contributed by atoms with van der Waals surface area (Å²) in [6, 6.07) is 13.1. The third kappa shape index (κ3) is 4.01.